The van der Waals surface area contributed by atoms with Crippen LogP contribution in [0.1, 0.15) is 28.8 Å². The molecule has 1 amide bonds. The van der Waals surface area contributed by atoms with E-state index in [0.29, 0.717) is 25.3 Å². The number of amides is 1. The van der Waals surface area contributed by atoms with Gasteiger partial charge in [0, 0.05) is 44.6 Å². The first-order chi connectivity index (χ1) is 12.9. The highest BCUT2D eigenvalue weighted by atomic mass is 35.5. The van der Waals surface area contributed by atoms with E-state index < -0.39 is 9.84 Å². The lowest BCUT2D eigenvalue weighted by Gasteiger charge is -2.43. The minimum Gasteiger partial charge on any atom is -0.347 e. The van der Waals surface area contributed by atoms with Gasteiger partial charge in [0.2, 0.25) is 0 Å². The quantitative estimate of drug-likeness (QED) is 0.748. The minimum absolute atomic E-state index is 0. The zero-order chi connectivity index (χ0) is 19.2. The van der Waals surface area contributed by atoms with Gasteiger partial charge in [-0.2, -0.15) is 5.10 Å². The molecule has 2 atom stereocenters. The van der Waals surface area contributed by atoms with E-state index >= 15 is 0 Å². The SMILES string of the molecule is CCc1cc(C(=O)N2CCN(Cc3cnc[nH]3)[C@@H]3CS(=O)(=O)C[C@@H]32)n(C)n1.Cl. The fraction of sp³-hybridized carbons (Fsp3) is 0.588. The van der Waals surface area contributed by atoms with Gasteiger partial charge < -0.3 is 9.88 Å². The Morgan fingerprint density at radius 2 is 2.04 bits per heavy atom. The van der Waals surface area contributed by atoms with Gasteiger partial charge in [-0.25, -0.2) is 13.4 Å². The first-order valence-corrected chi connectivity index (χ1v) is 11.0. The predicted octanol–water partition coefficient (Wildman–Crippen LogP) is 0.251. The topological polar surface area (TPSA) is 104 Å². The third kappa shape index (κ3) is 3.81. The van der Waals surface area contributed by atoms with E-state index in [9.17, 15) is 13.2 Å². The summed E-state index contributed by atoms with van der Waals surface area (Å²) in [7, 11) is -1.43. The van der Waals surface area contributed by atoms with Crippen molar-refractivity contribution in [3.05, 3.63) is 35.7 Å². The number of aromatic nitrogens is 4. The maximum absolute atomic E-state index is 13.2. The number of nitrogens with zero attached hydrogens (tertiary/aromatic N) is 5. The van der Waals surface area contributed by atoms with Crippen molar-refractivity contribution in [1.82, 2.24) is 29.5 Å². The molecule has 4 rings (SSSR count). The van der Waals surface area contributed by atoms with Crippen LogP contribution in [0.25, 0.3) is 0 Å². The Hall–Kier alpha value is -1.91. The molecule has 0 unspecified atom stereocenters. The molecule has 11 heteroatoms. The number of carbonyl (C=O) groups excluding carboxylic acids is 1. The van der Waals surface area contributed by atoms with Gasteiger partial charge in [-0.1, -0.05) is 6.92 Å². The highest BCUT2D eigenvalue weighted by Gasteiger charge is 2.48. The van der Waals surface area contributed by atoms with Gasteiger partial charge in [0.05, 0.1) is 29.6 Å². The first-order valence-electron chi connectivity index (χ1n) is 9.13. The van der Waals surface area contributed by atoms with Gasteiger partial charge in [0.1, 0.15) is 5.69 Å². The van der Waals surface area contributed by atoms with E-state index in [0.717, 1.165) is 17.8 Å². The molecular weight excluding hydrogens is 404 g/mol. The third-order valence-corrected chi connectivity index (χ3v) is 7.19. The smallest absolute Gasteiger partial charge is 0.272 e. The molecule has 0 saturated carbocycles. The molecular formula is C17H25ClN6O3S. The molecule has 2 aromatic rings. The van der Waals surface area contributed by atoms with E-state index in [4.69, 9.17) is 0 Å². The number of aryl methyl sites for hydroxylation is 2. The van der Waals surface area contributed by atoms with Gasteiger partial charge in [-0.05, 0) is 12.5 Å². The van der Waals surface area contributed by atoms with Gasteiger partial charge in [0.25, 0.3) is 5.91 Å². The van der Waals surface area contributed by atoms with Crippen LogP contribution in [0.3, 0.4) is 0 Å². The van der Waals surface area contributed by atoms with Crippen molar-refractivity contribution < 1.29 is 13.2 Å². The average Bonchev–Trinajstić information content (AvgIpc) is 3.32. The average molecular weight is 429 g/mol. The summed E-state index contributed by atoms with van der Waals surface area (Å²) in [5.74, 6) is -0.0410. The maximum atomic E-state index is 13.2. The van der Waals surface area contributed by atoms with Crippen LogP contribution in [-0.4, -0.2) is 80.6 Å². The highest BCUT2D eigenvalue weighted by Crippen LogP contribution is 2.29. The Kier molecular flexibility index (Phi) is 5.83. The lowest BCUT2D eigenvalue weighted by atomic mass is 10.0. The molecule has 9 nitrogen and oxygen atoms in total. The summed E-state index contributed by atoms with van der Waals surface area (Å²) in [6.45, 7) is 3.71. The fourth-order valence-corrected chi connectivity index (χ4v) is 6.12. The number of imidazole rings is 1. The van der Waals surface area contributed by atoms with E-state index in [2.05, 4.69) is 20.0 Å². The Morgan fingerprint density at radius 3 is 2.68 bits per heavy atom. The number of fused-ring (bicyclic) bond motifs is 1. The summed E-state index contributed by atoms with van der Waals surface area (Å²) < 4.78 is 26.3. The molecule has 154 valence electrons. The lowest BCUT2D eigenvalue weighted by Crippen LogP contribution is -2.60. The first kappa shape index (κ1) is 20.8. The fourth-order valence-electron chi connectivity index (χ4n) is 4.11. The van der Waals surface area contributed by atoms with Crippen LogP contribution >= 0.6 is 12.4 Å². The summed E-state index contributed by atoms with van der Waals surface area (Å²) >= 11 is 0. The second-order valence-corrected chi connectivity index (χ2v) is 9.41. The van der Waals surface area contributed by atoms with E-state index in [-0.39, 0.29) is 41.9 Å². The summed E-state index contributed by atoms with van der Waals surface area (Å²) in [6.07, 6.45) is 4.11. The number of sulfone groups is 1. The molecule has 2 aliphatic rings. The second kappa shape index (κ2) is 7.84. The third-order valence-electron chi connectivity index (χ3n) is 5.49. The predicted molar refractivity (Wildman–Crippen MR) is 106 cm³/mol. The summed E-state index contributed by atoms with van der Waals surface area (Å²) in [5.41, 5.74) is 2.31. The maximum Gasteiger partial charge on any atom is 0.272 e. The highest BCUT2D eigenvalue weighted by molar-refractivity contribution is 7.91. The van der Waals surface area contributed by atoms with Crippen molar-refractivity contribution in [2.45, 2.75) is 32.0 Å². The molecule has 4 heterocycles. The zero-order valence-electron chi connectivity index (χ0n) is 15.9. The Balaban J connectivity index is 0.00000225. The number of aromatic amines is 1. The lowest BCUT2D eigenvalue weighted by molar-refractivity contribution is 0.0294. The summed E-state index contributed by atoms with van der Waals surface area (Å²) in [4.78, 5) is 24.1. The van der Waals surface area contributed by atoms with Crippen molar-refractivity contribution in [2.75, 3.05) is 24.6 Å². The molecule has 2 saturated heterocycles. The molecule has 0 radical (unpaired) electrons. The second-order valence-electron chi connectivity index (χ2n) is 7.26. The van der Waals surface area contributed by atoms with Gasteiger partial charge in [-0.3, -0.25) is 14.4 Å². The minimum atomic E-state index is -3.18. The molecule has 2 aliphatic heterocycles. The largest absolute Gasteiger partial charge is 0.347 e. The van der Waals surface area contributed by atoms with E-state index in [1.807, 2.05) is 6.92 Å². The number of hydrogen-bond donors (Lipinski definition) is 1. The van der Waals surface area contributed by atoms with Crippen molar-refractivity contribution >= 4 is 28.2 Å². The van der Waals surface area contributed by atoms with Crippen molar-refractivity contribution in [1.29, 1.82) is 0 Å². The Morgan fingerprint density at radius 1 is 1.29 bits per heavy atom. The summed E-state index contributed by atoms with van der Waals surface area (Å²) in [5, 5.41) is 4.35. The van der Waals surface area contributed by atoms with Crippen molar-refractivity contribution in [2.24, 2.45) is 7.05 Å². The van der Waals surface area contributed by atoms with Crippen LogP contribution in [-0.2, 0) is 29.9 Å². The molecule has 0 aromatic carbocycles. The standard InChI is InChI=1S/C17H24N6O3S.ClH/c1-3-12-6-14(21(2)20-12)17(24)23-5-4-22(8-13-7-18-11-19-13)15-9-27(25,26)10-16(15)23;/h6-7,11,15-16H,3-5,8-10H2,1-2H3,(H,18,19);1H/t15-,16+;/m1./s1. The van der Waals surface area contributed by atoms with Crippen LogP contribution in [0.15, 0.2) is 18.6 Å². The number of carbonyl (C=O) groups is 1. The Bertz CT molecular complexity index is 942. The molecule has 0 aliphatic carbocycles. The van der Waals surface area contributed by atoms with E-state index in [1.54, 1.807) is 35.2 Å². The number of halogens is 1. The molecule has 2 fully saturated rings. The van der Waals surface area contributed by atoms with Gasteiger partial charge in [0.15, 0.2) is 9.84 Å². The number of H-pyrrole nitrogens is 1. The van der Waals surface area contributed by atoms with Gasteiger partial charge >= 0.3 is 0 Å². The van der Waals surface area contributed by atoms with Crippen LogP contribution in [0, 0.1) is 0 Å². The van der Waals surface area contributed by atoms with Crippen molar-refractivity contribution in [3.8, 4) is 0 Å². The van der Waals surface area contributed by atoms with Crippen LogP contribution in [0.4, 0.5) is 0 Å². The number of piperazine rings is 1. The van der Waals surface area contributed by atoms with Crippen LogP contribution < -0.4 is 0 Å². The molecule has 2 aromatic heterocycles. The molecule has 0 spiro atoms. The number of hydrogen-bond acceptors (Lipinski definition) is 6. The molecule has 1 N–H and O–H groups in total. The molecule has 28 heavy (non-hydrogen) atoms. The normalized spacial score (nSPS) is 24.0. The monoisotopic (exact) mass is 428 g/mol. The van der Waals surface area contributed by atoms with Crippen molar-refractivity contribution in [3.63, 3.8) is 0 Å². The summed E-state index contributed by atoms with van der Waals surface area (Å²) in [6, 6.07) is 1.27. The van der Waals surface area contributed by atoms with Crippen LogP contribution in [0.5, 0.6) is 0 Å². The Labute approximate surface area is 170 Å². The van der Waals surface area contributed by atoms with Gasteiger partial charge in [-0.15, -0.1) is 12.4 Å². The van der Waals surface area contributed by atoms with Crippen LogP contribution in [0.2, 0.25) is 0 Å². The number of rotatable bonds is 4. The zero-order valence-corrected chi connectivity index (χ0v) is 17.5. The molecule has 0 bridgehead atoms. The number of nitrogens with one attached hydrogen (secondary N) is 1. The van der Waals surface area contributed by atoms with E-state index in [1.165, 1.54) is 0 Å².